The number of para-hydroxylation sites is 1. The van der Waals surface area contributed by atoms with E-state index in [-0.39, 0.29) is 24.3 Å². The van der Waals surface area contributed by atoms with Crippen LogP contribution in [0, 0.1) is 6.92 Å². The van der Waals surface area contributed by atoms with E-state index >= 15 is 0 Å². The topological polar surface area (TPSA) is 46.6 Å². The number of imide groups is 1. The Labute approximate surface area is 142 Å². The Bertz CT molecular complexity index is 734. The van der Waals surface area contributed by atoms with Crippen molar-refractivity contribution in [2.24, 2.45) is 0 Å². The molecule has 1 fully saturated rings. The number of aryl methyl sites for hydroxylation is 1. The van der Waals surface area contributed by atoms with E-state index in [1.165, 1.54) is 10.5 Å². The molecule has 24 heavy (non-hydrogen) atoms. The minimum absolute atomic E-state index is 0.0282. The highest BCUT2D eigenvalue weighted by atomic mass is 16.5. The summed E-state index contributed by atoms with van der Waals surface area (Å²) in [6.45, 7) is 2.29. The Morgan fingerprint density at radius 3 is 2.25 bits per heavy atom. The normalized spacial score (nSPS) is 15.7. The molecule has 0 radical (unpaired) electrons. The average Bonchev–Trinajstić information content (AvgIpc) is 2.59. The van der Waals surface area contributed by atoms with E-state index in [9.17, 15) is 9.59 Å². The number of rotatable bonds is 4. The van der Waals surface area contributed by atoms with Crippen LogP contribution in [0.1, 0.15) is 35.4 Å². The van der Waals surface area contributed by atoms with Crippen LogP contribution in [0.25, 0.3) is 0 Å². The van der Waals surface area contributed by atoms with Gasteiger partial charge in [-0.05, 0) is 18.6 Å². The van der Waals surface area contributed by atoms with Crippen LogP contribution in [0.2, 0.25) is 0 Å². The van der Waals surface area contributed by atoms with Gasteiger partial charge in [-0.2, -0.15) is 0 Å². The van der Waals surface area contributed by atoms with Crippen molar-refractivity contribution in [2.75, 3.05) is 7.11 Å². The molecule has 2 aromatic rings. The number of hydrogen-bond donors (Lipinski definition) is 0. The van der Waals surface area contributed by atoms with Crippen LogP contribution in [0.15, 0.2) is 48.5 Å². The summed E-state index contributed by atoms with van der Waals surface area (Å²) >= 11 is 0. The molecule has 1 aliphatic heterocycles. The van der Waals surface area contributed by atoms with Gasteiger partial charge in [0.05, 0.1) is 13.7 Å². The molecule has 1 aliphatic rings. The maximum absolute atomic E-state index is 12.5. The third kappa shape index (κ3) is 3.32. The summed E-state index contributed by atoms with van der Waals surface area (Å²) < 4.78 is 5.31. The maximum Gasteiger partial charge on any atom is 0.230 e. The van der Waals surface area contributed by atoms with Crippen LogP contribution >= 0.6 is 0 Å². The molecule has 1 saturated heterocycles. The standard InChI is InChI=1S/C20H21NO3/c1-14-7-9-15(10-8-14)17-11-19(22)21(20(23)12-17)13-16-5-3-4-6-18(16)24-2/h3-10,17H,11-13H2,1-2H3. The van der Waals surface area contributed by atoms with Crippen molar-refractivity contribution < 1.29 is 14.3 Å². The molecule has 0 aliphatic carbocycles. The second kappa shape index (κ2) is 6.87. The Hall–Kier alpha value is -2.62. The van der Waals surface area contributed by atoms with E-state index in [0.717, 1.165) is 11.1 Å². The smallest absolute Gasteiger partial charge is 0.230 e. The molecule has 4 heteroatoms. The van der Waals surface area contributed by atoms with E-state index in [1.54, 1.807) is 7.11 Å². The number of ether oxygens (including phenoxy) is 1. The van der Waals surface area contributed by atoms with Gasteiger partial charge in [0.25, 0.3) is 0 Å². The average molecular weight is 323 g/mol. The van der Waals surface area contributed by atoms with Gasteiger partial charge in [-0.25, -0.2) is 0 Å². The van der Waals surface area contributed by atoms with Crippen molar-refractivity contribution in [3.8, 4) is 5.75 Å². The van der Waals surface area contributed by atoms with Crippen LogP contribution in [-0.2, 0) is 16.1 Å². The van der Waals surface area contributed by atoms with Crippen LogP contribution in [-0.4, -0.2) is 23.8 Å². The Balaban J connectivity index is 1.75. The summed E-state index contributed by atoms with van der Waals surface area (Å²) in [4.78, 5) is 26.4. The molecule has 3 rings (SSSR count). The fraction of sp³-hybridized carbons (Fsp3) is 0.300. The Morgan fingerprint density at radius 1 is 1.00 bits per heavy atom. The lowest BCUT2D eigenvalue weighted by Crippen LogP contribution is -2.42. The fourth-order valence-electron chi connectivity index (χ4n) is 3.11. The van der Waals surface area contributed by atoms with Gasteiger partial charge in [0.1, 0.15) is 5.75 Å². The zero-order valence-electron chi connectivity index (χ0n) is 14.0. The maximum atomic E-state index is 12.5. The number of methoxy groups -OCH3 is 1. The number of carbonyl (C=O) groups is 2. The lowest BCUT2D eigenvalue weighted by Gasteiger charge is -2.30. The first-order valence-corrected chi connectivity index (χ1v) is 8.10. The molecule has 0 bridgehead atoms. The van der Waals surface area contributed by atoms with Crippen molar-refractivity contribution in [2.45, 2.75) is 32.2 Å². The molecular formula is C20H21NO3. The zero-order valence-corrected chi connectivity index (χ0v) is 14.0. The minimum atomic E-state index is -0.122. The van der Waals surface area contributed by atoms with Crippen LogP contribution in [0.4, 0.5) is 0 Å². The highest BCUT2D eigenvalue weighted by Crippen LogP contribution is 2.31. The van der Waals surface area contributed by atoms with Gasteiger partial charge < -0.3 is 4.74 Å². The summed E-state index contributed by atoms with van der Waals surface area (Å²) in [7, 11) is 1.59. The van der Waals surface area contributed by atoms with Gasteiger partial charge in [0, 0.05) is 24.3 Å². The molecule has 0 saturated carbocycles. The lowest BCUT2D eigenvalue weighted by atomic mass is 9.88. The summed E-state index contributed by atoms with van der Waals surface area (Å²) in [5.74, 6) is 0.420. The van der Waals surface area contributed by atoms with Crippen molar-refractivity contribution >= 4 is 11.8 Å². The largest absolute Gasteiger partial charge is 0.496 e. The molecule has 2 amide bonds. The summed E-state index contributed by atoms with van der Waals surface area (Å²) in [5, 5.41) is 0. The molecule has 0 atom stereocenters. The van der Waals surface area contributed by atoms with E-state index in [4.69, 9.17) is 4.74 Å². The van der Waals surface area contributed by atoms with E-state index in [2.05, 4.69) is 0 Å². The number of piperidine rings is 1. The number of nitrogens with zero attached hydrogens (tertiary/aromatic N) is 1. The SMILES string of the molecule is COc1ccccc1CN1C(=O)CC(c2ccc(C)cc2)CC1=O. The van der Waals surface area contributed by atoms with E-state index < -0.39 is 0 Å². The number of hydrogen-bond acceptors (Lipinski definition) is 3. The monoisotopic (exact) mass is 323 g/mol. The number of likely N-dealkylation sites (tertiary alicyclic amines) is 1. The van der Waals surface area contributed by atoms with Gasteiger partial charge in [-0.3, -0.25) is 14.5 Å². The highest BCUT2D eigenvalue weighted by molar-refractivity contribution is 5.98. The fourth-order valence-corrected chi connectivity index (χ4v) is 3.11. The summed E-state index contributed by atoms with van der Waals surface area (Å²) in [6.07, 6.45) is 0.730. The first kappa shape index (κ1) is 16.2. The molecule has 0 unspecified atom stereocenters. The molecule has 0 N–H and O–H groups in total. The number of carbonyl (C=O) groups excluding carboxylic acids is 2. The van der Waals surface area contributed by atoms with Gasteiger partial charge >= 0.3 is 0 Å². The quantitative estimate of drug-likeness (QED) is 0.810. The molecule has 4 nitrogen and oxygen atoms in total. The van der Waals surface area contributed by atoms with Crippen molar-refractivity contribution in [3.63, 3.8) is 0 Å². The second-order valence-corrected chi connectivity index (χ2v) is 6.20. The van der Waals surface area contributed by atoms with Crippen LogP contribution < -0.4 is 4.74 Å². The zero-order chi connectivity index (χ0) is 17.1. The van der Waals surface area contributed by atoms with E-state index in [0.29, 0.717) is 18.6 Å². The third-order valence-electron chi connectivity index (χ3n) is 4.51. The van der Waals surface area contributed by atoms with Gasteiger partial charge in [0.2, 0.25) is 11.8 Å². The molecule has 1 heterocycles. The van der Waals surface area contributed by atoms with Gasteiger partial charge in [0.15, 0.2) is 0 Å². The van der Waals surface area contributed by atoms with E-state index in [1.807, 2.05) is 55.5 Å². The van der Waals surface area contributed by atoms with Crippen molar-refractivity contribution in [1.82, 2.24) is 4.90 Å². The Morgan fingerprint density at radius 2 is 1.62 bits per heavy atom. The predicted octanol–water partition coefficient (Wildman–Crippen LogP) is 3.44. The molecule has 0 spiro atoms. The predicted molar refractivity (Wildman–Crippen MR) is 91.7 cm³/mol. The van der Waals surface area contributed by atoms with Gasteiger partial charge in [-0.1, -0.05) is 48.0 Å². The van der Waals surface area contributed by atoms with Crippen LogP contribution in [0.5, 0.6) is 5.75 Å². The first-order valence-electron chi connectivity index (χ1n) is 8.10. The third-order valence-corrected chi connectivity index (χ3v) is 4.51. The summed E-state index contributed by atoms with van der Waals surface area (Å²) in [5.41, 5.74) is 3.07. The molecule has 0 aromatic heterocycles. The molecular weight excluding hydrogens is 302 g/mol. The lowest BCUT2D eigenvalue weighted by molar-refractivity contribution is -0.149. The molecule has 124 valence electrons. The van der Waals surface area contributed by atoms with Gasteiger partial charge in [-0.15, -0.1) is 0 Å². The second-order valence-electron chi connectivity index (χ2n) is 6.20. The number of benzene rings is 2. The first-order chi connectivity index (χ1) is 11.6. The molecule has 2 aromatic carbocycles. The highest BCUT2D eigenvalue weighted by Gasteiger charge is 2.33. The van der Waals surface area contributed by atoms with Crippen molar-refractivity contribution in [3.05, 3.63) is 65.2 Å². The number of amides is 2. The summed E-state index contributed by atoms with van der Waals surface area (Å²) in [6, 6.07) is 15.5. The minimum Gasteiger partial charge on any atom is -0.496 e. The van der Waals surface area contributed by atoms with Crippen LogP contribution in [0.3, 0.4) is 0 Å². The Kier molecular flexibility index (Phi) is 4.65. The van der Waals surface area contributed by atoms with Crippen molar-refractivity contribution in [1.29, 1.82) is 0 Å².